The third-order valence-electron chi connectivity index (χ3n) is 3.53. The highest BCUT2D eigenvalue weighted by Crippen LogP contribution is 2.16. The van der Waals surface area contributed by atoms with Crippen molar-refractivity contribution >= 4 is 12.1 Å². The smallest absolute Gasteiger partial charge is 0.407 e. The molecule has 0 aliphatic heterocycles. The molecule has 0 atom stereocenters. The van der Waals surface area contributed by atoms with Gasteiger partial charge in [0.05, 0.1) is 11.9 Å². The molecule has 4 N–H and O–H groups in total. The quantitative estimate of drug-likeness (QED) is 0.333. The van der Waals surface area contributed by atoms with E-state index in [0.717, 1.165) is 23.6 Å². The molecule has 0 fully saturated rings. The Balaban J connectivity index is 1.82. The van der Waals surface area contributed by atoms with Crippen molar-refractivity contribution in [1.29, 1.82) is 0 Å². The van der Waals surface area contributed by atoms with Crippen LogP contribution >= 0.6 is 0 Å². The predicted molar refractivity (Wildman–Crippen MR) is 111 cm³/mol. The van der Waals surface area contributed by atoms with Gasteiger partial charge in [-0.2, -0.15) is 0 Å². The number of ether oxygens (including phenoxy) is 1. The number of carbonyl (C=O) groups is 1. The molecule has 28 heavy (non-hydrogen) atoms. The van der Waals surface area contributed by atoms with Crippen molar-refractivity contribution in [3.63, 3.8) is 0 Å². The first-order chi connectivity index (χ1) is 13.4. The second-order valence-corrected chi connectivity index (χ2v) is 7.16. The first kappa shape index (κ1) is 21.3. The van der Waals surface area contributed by atoms with Crippen LogP contribution in [-0.4, -0.2) is 47.3 Å². The zero-order valence-corrected chi connectivity index (χ0v) is 17.0. The van der Waals surface area contributed by atoms with E-state index in [1.165, 1.54) is 0 Å². The minimum absolute atomic E-state index is 0.418. The lowest BCUT2D eigenvalue weighted by Crippen LogP contribution is -2.42. The van der Waals surface area contributed by atoms with Crippen molar-refractivity contribution in [1.82, 2.24) is 25.9 Å². The Morgan fingerprint density at radius 3 is 2.54 bits per heavy atom. The molecule has 0 aliphatic carbocycles. The van der Waals surface area contributed by atoms with Gasteiger partial charge in [-0.05, 0) is 33.3 Å². The van der Waals surface area contributed by atoms with Gasteiger partial charge in [0.1, 0.15) is 18.0 Å². The average molecular weight is 387 g/mol. The molecular formula is C20H30N6O2. The van der Waals surface area contributed by atoms with Crippen molar-refractivity contribution in [2.45, 2.75) is 39.8 Å². The number of guanidine groups is 1. The summed E-state index contributed by atoms with van der Waals surface area (Å²) in [6.07, 6.45) is 1.38. The SMILES string of the molecule is CCNC(=NCc1ncc(-c2ccccc2)[nH]1)NCCNC(=O)OC(C)(C)C. The second kappa shape index (κ2) is 10.3. The van der Waals surface area contributed by atoms with E-state index in [0.29, 0.717) is 25.6 Å². The fraction of sp³-hybridized carbons (Fsp3) is 0.450. The maximum absolute atomic E-state index is 11.6. The van der Waals surface area contributed by atoms with Crippen molar-refractivity contribution in [2.24, 2.45) is 4.99 Å². The van der Waals surface area contributed by atoms with E-state index in [4.69, 9.17) is 4.74 Å². The zero-order chi connectivity index (χ0) is 20.4. The number of alkyl carbamates (subject to hydrolysis) is 1. The number of imidazole rings is 1. The van der Waals surface area contributed by atoms with Gasteiger partial charge in [0.15, 0.2) is 5.96 Å². The molecule has 0 saturated heterocycles. The Bertz CT molecular complexity index is 765. The lowest BCUT2D eigenvalue weighted by molar-refractivity contribution is 0.0529. The number of hydrogen-bond acceptors (Lipinski definition) is 4. The van der Waals surface area contributed by atoms with E-state index in [1.54, 1.807) is 0 Å². The maximum Gasteiger partial charge on any atom is 0.407 e. The monoisotopic (exact) mass is 386 g/mol. The highest BCUT2D eigenvalue weighted by molar-refractivity contribution is 5.79. The van der Waals surface area contributed by atoms with Crippen LogP contribution in [0.5, 0.6) is 0 Å². The number of carbonyl (C=O) groups excluding carboxylic acids is 1. The van der Waals surface area contributed by atoms with Crippen molar-refractivity contribution in [2.75, 3.05) is 19.6 Å². The van der Waals surface area contributed by atoms with Crippen LogP contribution in [0.4, 0.5) is 4.79 Å². The highest BCUT2D eigenvalue weighted by atomic mass is 16.6. The Labute approximate surface area is 166 Å². The van der Waals surface area contributed by atoms with Crippen LogP contribution in [-0.2, 0) is 11.3 Å². The third-order valence-corrected chi connectivity index (χ3v) is 3.53. The normalized spacial score (nSPS) is 11.8. The number of hydrogen-bond donors (Lipinski definition) is 4. The van der Waals surface area contributed by atoms with Crippen LogP contribution in [0.25, 0.3) is 11.3 Å². The fourth-order valence-corrected chi connectivity index (χ4v) is 2.36. The van der Waals surface area contributed by atoms with Crippen LogP contribution < -0.4 is 16.0 Å². The second-order valence-electron chi connectivity index (χ2n) is 7.16. The van der Waals surface area contributed by atoms with E-state index in [9.17, 15) is 4.79 Å². The topological polar surface area (TPSA) is 103 Å². The summed E-state index contributed by atoms with van der Waals surface area (Å²) in [6.45, 7) is 9.60. The van der Waals surface area contributed by atoms with Crippen LogP contribution in [0.2, 0.25) is 0 Å². The summed E-state index contributed by atoms with van der Waals surface area (Å²) >= 11 is 0. The molecule has 0 radical (unpaired) electrons. The summed E-state index contributed by atoms with van der Waals surface area (Å²) < 4.78 is 5.20. The molecule has 2 aromatic rings. The Hall–Kier alpha value is -3.03. The molecule has 8 nitrogen and oxygen atoms in total. The largest absolute Gasteiger partial charge is 0.444 e. The molecule has 8 heteroatoms. The Kier molecular flexibility index (Phi) is 7.86. The minimum atomic E-state index is -0.504. The number of rotatable bonds is 7. The summed E-state index contributed by atoms with van der Waals surface area (Å²) in [4.78, 5) is 23.8. The molecule has 1 aromatic carbocycles. The van der Waals surface area contributed by atoms with Gasteiger partial charge in [0.25, 0.3) is 0 Å². The summed E-state index contributed by atoms with van der Waals surface area (Å²) in [5.74, 6) is 1.44. The van der Waals surface area contributed by atoms with E-state index in [-0.39, 0.29) is 0 Å². The molecule has 0 saturated carbocycles. The van der Waals surface area contributed by atoms with Gasteiger partial charge >= 0.3 is 6.09 Å². The number of nitrogens with one attached hydrogen (secondary N) is 4. The molecule has 0 spiro atoms. The van der Waals surface area contributed by atoms with Crippen molar-refractivity contribution in [3.05, 3.63) is 42.4 Å². The molecular weight excluding hydrogens is 356 g/mol. The number of aliphatic imine (C=N–C) groups is 1. The van der Waals surface area contributed by atoms with Gasteiger partial charge < -0.3 is 25.7 Å². The van der Waals surface area contributed by atoms with Crippen LogP contribution in [0.3, 0.4) is 0 Å². The summed E-state index contributed by atoms with van der Waals surface area (Å²) in [6, 6.07) is 10.0. The van der Waals surface area contributed by atoms with Gasteiger partial charge in [-0.15, -0.1) is 0 Å². The van der Waals surface area contributed by atoms with Gasteiger partial charge in [-0.1, -0.05) is 30.3 Å². The number of benzene rings is 1. The van der Waals surface area contributed by atoms with E-state index in [2.05, 4.69) is 30.9 Å². The van der Waals surface area contributed by atoms with E-state index < -0.39 is 11.7 Å². The molecule has 152 valence electrons. The minimum Gasteiger partial charge on any atom is -0.444 e. The number of aromatic amines is 1. The number of nitrogens with zero attached hydrogens (tertiary/aromatic N) is 2. The lowest BCUT2D eigenvalue weighted by atomic mass is 10.2. The number of aromatic nitrogens is 2. The predicted octanol–water partition coefficient (Wildman–Crippen LogP) is 2.66. The maximum atomic E-state index is 11.6. The molecule has 1 aromatic heterocycles. The van der Waals surface area contributed by atoms with Crippen LogP contribution in [0.1, 0.15) is 33.5 Å². The van der Waals surface area contributed by atoms with Crippen molar-refractivity contribution in [3.8, 4) is 11.3 Å². The van der Waals surface area contributed by atoms with Gasteiger partial charge in [0.2, 0.25) is 0 Å². The zero-order valence-electron chi connectivity index (χ0n) is 17.0. The fourth-order valence-electron chi connectivity index (χ4n) is 2.36. The van der Waals surface area contributed by atoms with Crippen molar-refractivity contribution < 1.29 is 9.53 Å². The van der Waals surface area contributed by atoms with Gasteiger partial charge in [-0.25, -0.2) is 14.8 Å². The molecule has 1 amide bonds. The summed E-state index contributed by atoms with van der Waals surface area (Å²) in [5, 5.41) is 9.05. The molecule has 0 aliphatic rings. The summed E-state index contributed by atoms with van der Waals surface area (Å²) in [5.41, 5.74) is 1.55. The van der Waals surface area contributed by atoms with Crippen LogP contribution in [0, 0.1) is 0 Å². The Morgan fingerprint density at radius 1 is 1.14 bits per heavy atom. The standard InChI is InChI=1S/C20H30N6O2/c1-5-21-18(22-11-12-23-19(27)28-20(2,3)4)25-14-17-24-13-16(26-17)15-9-7-6-8-10-15/h6-10,13H,5,11-12,14H2,1-4H3,(H,23,27)(H,24,26)(H2,21,22,25). The first-order valence-electron chi connectivity index (χ1n) is 9.45. The molecule has 2 rings (SSSR count). The van der Waals surface area contributed by atoms with E-state index in [1.807, 2.05) is 64.2 Å². The van der Waals surface area contributed by atoms with Gasteiger partial charge in [0, 0.05) is 19.6 Å². The molecule has 1 heterocycles. The number of H-pyrrole nitrogens is 1. The summed E-state index contributed by atoms with van der Waals surface area (Å²) in [7, 11) is 0. The number of amides is 1. The van der Waals surface area contributed by atoms with Gasteiger partial charge in [-0.3, -0.25) is 0 Å². The highest BCUT2D eigenvalue weighted by Gasteiger charge is 2.15. The Morgan fingerprint density at radius 2 is 1.86 bits per heavy atom. The third kappa shape index (κ3) is 7.69. The van der Waals surface area contributed by atoms with Crippen LogP contribution in [0.15, 0.2) is 41.5 Å². The molecule has 0 bridgehead atoms. The molecule has 0 unspecified atom stereocenters. The first-order valence-corrected chi connectivity index (χ1v) is 9.45. The lowest BCUT2D eigenvalue weighted by Gasteiger charge is -2.19. The average Bonchev–Trinajstić information content (AvgIpc) is 3.11. The van der Waals surface area contributed by atoms with E-state index >= 15 is 0 Å².